The van der Waals surface area contributed by atoms with Gasteiger partial charge in [0.05, 0.1) is 6.54 Å². The standard InChI is InChI=1S/C17H27N3O3/c1-19(2)17(22)16(14-9-6-5-7-10-14)20(3)13-15(21)18-11-8-12-23-4/h5-7,9-10,16H,8,11-13H2,1-4H3,(H,18,21). The number of amides is 2. The Hall–Kier alpha value is -1.92. The number of nitrogens with one attached hydrogen (secondary N) is 1. The maximum Gasteiger partial charge on any atom is 0.244 e. The molecule has 0 aliphatic carbocycles. The molecule has 0 spiro atoms. The molecule has 23 heavy (non-hydrogen) atoms. The van der Waals surface area contributed by atoms with E-state index >= 15 is 0 Å². The number of methoxy groups -OCH3 is 1. The predicted molar refractivity (Wildman–Crippen MR) is 90.0 cm³/mol. The fourth-order valence-corrected chi connectivity index (χ4v) is 2.28. The molecule has 0 saturated heterocycles. The Morgan fingerprint density at radius 1 is 1.17 bits per heavy atom. The Balaban J connectivity index is 2.71. The Bertz CT molecular complexity index is 491. The van der Waals surface area contributed by atoms with Gasteiger partial charge in [-0.05, 0) is 19.0 Å². The van der Waals surface area contributed by atoms with Gasteiger partial charge in [-0.1, -0.05) is 30.3 Å². The molecule has 1 aromatic rings. The SMILES string of the molecule is COCCCNC(=O)CN(C)C(C(=O)N(C)C)c1ccccc1. The van der Waals surface area contributed by atoms with Crippen LogP contribution in [0.2, 0.25) is 0 Å². The van der Waals surface area contributed by atoms with Crippen molar-refractivity contribution in [3.8, 4) is 0 Å². The van der Waals surface area contributed by atoms with Crippen LogP contribution in [0.15, 0.2) is 30.3 Å². The van der Waals surface area contributed by atoms with E-state index in [-0.39, 0.29) is 18.4 Å². The first kappa shape index (κ1) is 19.1. The monoisotopic (exact) mass is 321 g/mol. The molecule has 1 rings (SSSR count). The first-order valence-electron chi connectivity index (χ1n) is 7.69. The highest BCUT2D eigenvalue weighted by molar-refractivity contribution is 5.84. The maximum absolute atomic E-state index is 12.5. The molecule has 0 heterocycles. The summed E-state index contributed by atoms with van der Waals surface area (Å²) in [5, 5.41) is 2.84. The van der Waals surface area contributed by atoms with Crippen molar-refractivity contribution in [1.29, 1.82) is 0 Å². The van der Waals surface area contributed by atoms with Crippen LogP contribution in [0.4, 0.5) is 0 Å². The molecule has 0 aliphatic heterocycles. The normalized spacial score (nSPS) is 12.0. The smallest absolute Gasteiger partial charge is 0.244 e. The number of benzene rings is 1. The molecule has 1 aromatic carbocycles. The highest BCUT2D eigenvalue weighted by Crippen LogP contribution is 2.20. The molecule has 1 unspecified atom stereocenters. The second kappa shape index (κ2) is 9.97. The van der Waals surface area contributed by atoms with Gasteiger partial charge in [0.15, 0.2) is 0 Å². The van der Waals surface area contributed by atoms with Gasteiger partial charge >= 0.3 is 0 Å². The minimum atomic E-state index is -0.476. The maximum atomic E-state index is 12.5. The molecule has 128 valence electrons. The number of carbonyl (C=O) groups is 2. The van der Waals surface area contributed by atoms with Gasteiger partial charge in [0.1, 0.15) is 6.04 Å². The van der Waals surface area contributed by atoms with Crippen LogP contribution in [0.5, 0.6) is 0 Å². The van der Waals surface area contributed by atoms with Crippen molar-refractivity contribution in [3.05, 3.63) is 35.9 Å². The van der Waals surface area contributed by atoms with Gasteiger partial charge in [-0.25, -0.2) is 0 Å². The van der Waals surface area contributed by atoms with Crippen LogP contribution >= 0.6 is 0 Å². The predicted octanol–water partition coefficient (Wildman–Crippen LogP) is 0.900. The molecule has 0 saturated carbocycles. The van der Waals surface area contributed by atoms with Crippen LogP contribution in [-0.2, 0) is 14.3 Å². The second-order valence-electron chi connectivity index (χ2n) is 5.66. The van der Waals surface area contributed by atoms with Crippen molar-refractivity contribution < 1.29 is 14.3 Å². The summed E-state index contributed by atoms with van der Waals surface area (Å²) >= 11 is 0. The fraction of sp³-hybridized carbons (Fsp3) is 0.529. The lowest BCUT2D eigenvalue weighted by Gasteiger charge is -2.29. The van der Waals surface area contributed by atoms with Crippen molar-refractivity contribution in [2.24, 2.45) is 0 Å². The van der Waals surface area contributed by atoms with Crippen LogP contribution in [0, 0.1) is 0 Å². The Kier molecular flexibility index (Phi) is 8.29. The van der Waals surface area contributed by atoms with E-state index in [9.17, 15) is 9.59 Å². The van der Waals surface area contributed by atoms with E-state index in [1.165, 1.54) is 0 Å². The summed E-state index contributed by atoms with van der Waals surface area (Å²) in [4.78, 5) is 27.8. The van der Waals surface area contributed by atoms with Crippen LogP contribution in [0.3, 0.4) is 0 Å². The highest BCUT2D eigenvalue weighted by Gasteiger charge is 2.27. The van der Waals surface area contributed by atoms with Crippen LogP contribution in [0.25, 0.3) is 0 Å². The zero-order chi connectivity index (χ0) is 17.2. The Morgan fingerprint density at radius 3 is 2.39 bits per heavy atom. The van der Waals surface area contributed by atoms with Gasteiger partial charge in [-0.15, -0.1) is 0 Å². The molecular weight excluding hydrogens is 294 g/mol. The number of ether oxygens (including phenoxy) is 1. The number of hydrogen-bond acceptors (Lipinski definition) is 4. The molecule has 1 atom stereocenters. The van der Waals surface area contributed by atoms with Gasteiger partial charge < -0.3 is 15.0 Å². The summed E-state index contributed by atoms with van der Waals surface area (Å²) in [5.41, 5.74) is 0.876. The number of carbonyl (C=O) groups excluding carboxylic acids is 2. The molecule has 2 amide bonds. The third kappa shape index (κ3) is 6.38. The van der Waals surface area contributed by atoms with Gasteiger partial charge in [0, 0.05) is 34.4 Å². The number of nitrogens with zero attached hydrogens (tertiary/aromatic N) is 2. The molecule has 0 aliphatic rings. The number of rotatable bonds is 9. The van der Waals surface area contributed by atoms with Crippen molar-refractivity contribution in [2.75, 3.05) is 47.9 Å². The molecule has 0 aromatic heterocycles. The average molecular weight is 321 g/mol. The molecule has 0 bridgehead atoms. The largest absolute Gasteiger partial charge is 0.385 e. The lowest BCUT2D eigenvalue weighted by Crippen LogP contribution is -2.43. The summed E-state index contributed by atoms with van der Waals surface area (Å²) < 4.78 is 4.95. The van der Waals surface area contributed by atoms with E-state index in [1.54, 1.807) is 38.1 Å². The third-order valence-corrected chi connectivity index (χ3v) is 3.47. The van der Waals surface area contributed by atoms with Crippen LogP contribution in [-0.4, -0.2) is 69.6 Å². The van der Waals surface area contributed by atoms with Crippen molar-refractivity contribution >= 4 is 11.8 Å². The molecule has 0 radical (unpaired) electrons. The summed E-state index contributed by atoms with van der Waals surface area (Å²) in [5.74, 6) is -0.151. The molecule has 6 heteroatoms. The van der Waals surface area contributed by atoms with Gasteiger partial charge in [-0.3, -0.25) is 14.5 Å². The van der Waals surface area contributed by atoms with Crippen molar-refractivity contribution in [3.63, 3.8) is 0 Å². The number of hydrogen-bond donors (Lipinski definition) is 1. The lowest BCUT2D eigenvalue weighted by molar-refractivity contribution is -0.135. The number of likely N-dealkylation sites (N-methyl/N-ethyl adjacent to an activating group) is 2. The van der Waals surface area contributed by atoms with Crippen molar-refractivity contribution in [1.82, 2.24) is 15.1 Å². The zero-order valence-electron chi connectivity index (χ0n) is 14.4. The molecule has 0 fully saturated rings. The molecule has 6 nitrogen and oxygen atoms in total. The second-order valence-corrected chi connectivity index (χ2v) is 5.66. The summed E-state index contributed by atoms with van der Waals surface area (Å²) in [6, 6.07) is 9.02. The van der Waals surface area contributed by atoms with E-state index in [0.717, 1.165) is 12.0 Å². The first-order chi connectivity index (χ1) is 11.0. The van der Waals surface area contributed by atoms with E-state index in [0.29, 0.717) is 13.2 Å². The topological polar surface area (TPSA) is 61.9 Å². The quantitative estimate of drug-likeness (QED) is 0.687. The van der Waals surface area contributed by atoms with Crippen LogP contribution in [0.1, 0.15) is 18.0 Å². The van der Waals surface area contributed by atoms with E-state index in [1.807, 2.05) is 30.3 Å². The van der Waals surface area contributed by atoms with E-state index < -0.39 is 6.04 Å². The Labute approximate surface area is 138 Å². The van der Waals surface area contributed by atoms with E-state index in [4.69, 9.17) is 4.74 Å². The minimum absolute atomic E-state index is 0.0501. The van der Waals surface area contributed by atoms with Gasteiger partial charge in [-0.2, -0.15) is 0 Å². The molecular formula is C17H27N3O3. The van der Waals surface area contributed by atoms with Crippen molar-refractivity contribution in [2.45, 2.75) is 12.5 Å². The third-order valence-electron chi connectivity index (χ3n) is 3.47. The molecule has 1 N–H and O–H groups in total. The fourth-order valence-electron chi connectivity index (χ4n) is 2.28. The summed E-state index contributed by atoms with van der Waals surface area (Å²) in [6.45, 7) is 1.34. The van der Waals surface area contributed by atoms with E-state index in [2.05, 4.69) is 5.32 Å². The highest BCUT2D eigenvalue weighted by atomic mass is 16.5. The summed E-state index contributed by atoms with van der Waals surface area (Å²) in [7, 11) is 6.86. The minimum Gasteiger partial charge on any atom is -0.385 e. The first-order valence-corrected chi connectivity index (χ1v) is 7.69. The van der Waals surface area contributed by atoms with Gasteiger partial charge in [0.2, 0.25) is 11.8 Å². The lowest BCUT2D eigenvalue weighted by atomic mass is 10.0. The van der Waals surface area contributed by atoms with Gasteiger partial charge in [0.25, 0.3) is 0 Å². The zero-order valence-corrected chi connectivity index (χ0v) is 14.4. The Morgan fingerprint density at radius 2 is 1.83 bits per heavy atom. The summed E-state index contributed by atoms with van der Waals surface area (Å²) in [6.07, 6.45) is 0.769. The average Bonchev–Trinajstić information content (AvgIpc) is 2.52. The van der Waals surface area contributed by atoms with Crippen LogP contribution < -0.4 is 5.32 Å².